The summed E-state index contributed by atoms with van der Waals surface area (Å²) < 4.78 is 5.65. The number of benzene rings is 1. The molecule has 1 saturated carbocycles. The molecule has 1 amide bonds. The number of carbonyl (C=O) groups excluding carboxylic acids is 1. The van der Waals surface area contributed by atoms with E-state index in [1.165, 1.54) is 19.3 Å². The molecule has 0 saturated heterocycles. The monoisotopic (exact) mass is 334 g/mol. The molecule has 5 heteroatoms. The normalized spacial score (nSPS) is 15.3. The lowest BCUT2D eigenvalue weighted by molar-refractivity contribution is -0.121. The summed E-state index contributed by atoms with van der Waals surface area (Å²) in [6, 6.07) is 8.19. The van der Waals surface area contributed by atoms with Crippen LogP contribution in [0.4, 0.5) is 0 Å². The molecule has 0 aromatic heterocycles. The van der Waals surface area contributed by atoms with Crippen molar-refractivity contribution in [1.82, 2.24) is 10.6 Å². The van der Waals surface area contributed by atoms with E-state index in [1.54, 1.807) is 0 Å². The number of nitrogens with one attached hydrogen (secondary N) is 2. The van der Waals surface area contributed by atoms with Gasteiger partial charge in [0.2, 0.25) is 0 Å². The van der Waals surface area contributed by atoms with Gasteiger partial charge in [0.25, 0.3) is 5.91 Å². The van der Waals surface area contributed by atoms with Crippen LogP contribution in [0.2, 0.25) is 0 Å². The summed E-state index contributed by atoms with van der Waals surface area (Å²) in [4.78, 5) is 12.0. The maximum Gasteiger partial charge on any atom is 0.264 e. The molecule has 0 bridgehead atoms. The number of hydrogen-bond acceptors (Lipinski definition) is 3. The fraction of sp³-hybridized carbons (Fsp3) is 0.556. The highest BCUT2D eigenvalue weighted by atomic mass is 32.1. The molecule has 1 fully saturated rings. The average molecular weight is 334 g/mol. The van der Waals surface area contributed by atoms with Gasteiger partial charge in [-0.3, -0.25) is 4.79 Å². The molecule has 2 rings (SSSR count). The van der Waals surface area contributed by atoms with E-state index in [9.17, 15) is 4.79 Å². The molecule has 1 aliphatic carbocycles. The van der Waals surface area contributed by atoms with Crippen LogP contribution in [0.1, 0.15) is 57.4 Å². The molecular weight excluding hydrogens is 308 g/mol. The van der Waals surface area contributed by atoms with Gasteiger partial charge in [0, 0.05) is 6.04 Å². The molecule has 2 N–H and O–H groups in total. The van der Waals surface area contributed by atoms with E-state index in [4.69, 9.17) is 17.0 Å². The number of ether oxygens (including phenoxy) is 1. The minimum Gasteiger partial charge on any atom is -0.483 e. The second kappa shape index (κ2) is 8.87. The molecule has 0 aliphatic heterocycles. The van der Waals surface area contributed by atoms with E-state index in [0.29, 0.717) is 17.1 Å². The average Bonchev–Trinajstić information content (AvgIpc) is 2.54. The van der Waals surface area contributed by atoms with Crippen molar-refractivity contribution < 1.29 is 9.53 Å². The predicted octanol–water partition coefficient (Wildman–Crippen LogP) is 3.51. The standard InChI is InChI=1S/C18H26N2O2S/c1-13(2)15-10-6-7-11-16(15)22-12-17(21)20-18(23)19-14-8-4-3-5-9-14/h6-7,10-11,13-14H,3-5,8-9,12H2,1-2H3,(H2,19,20,21,23). The van der Waals surface area contributed by atoms with Crippen molar-refractivity contribution in [3.05, 3.63) is 29.8 Å². The molecule has 1 aromatic carbocycles. The molecule has 126 valence electrons. The minimum absolute atomic E-state index is 0.0315. The van der Waals surface area contributed by atoms with E-state index >= 15 is 0 Å². The van der Waals surface area contributed by atoms with Crippen molar-refractivity contribution in [3.63, 3.8) is 0 Å². The van der Waals surface area contributed by atoms with Gasteiger partial charge < -0.3 is 15.4 Å². The molecule has 4 nitrogen and oxygen atoms in total. The van der Waals surface area contributed by atoms with Crippen LogP contribution in [-0.4, -0.2) is 23.7 Å². The fourth-order valence-corrected chi connectivity index (χ4v) is 3.14. The van der Waals surface area contributed by atoms with Gasteiger partial charge in [0.1, 0.15) is 5.75 Å². The summed E-state index contributed by atoms with van der Waals surface area (Å²) in [7, 11) is 0. The van der Waals surface area contributed by atoms with Crippen molar-refractivity contribution in [2.75, 3.05) is 6.61 Å². The van der Waals surface area contributed by atoms with Gasteiger partial charge in [-0.25, -0.2) is 0 Å². The second-order valence-electron chi connectivity index (χ2n) is 6.34. The highest BCUT2D eigenvalue weighted by Gasteiger charge is 2.15. The zero-order valence-corrected chi connectivity index (χ0v) is 14.7. The highest BCUT2D eigenvalue weighted by molar-refractivity contribution is 7.80. The molecular formula is C18H26N2O2S. The maximum absolute atomic E-state index is 12.0. The third-order valence-corrected chi connectivity index (χ3v) is 4.31. The Bertz CT molecular complexity index is 540. The van der Waals surface area contributed by atoms with Crippen LogP contribution in [0.3, 0.4) is 0 Å². The number of amides is 1. The smallest absolute Gasteiger partial charge is 0.264 e. The fourth-order valence-electron chi connectivity index (χ4n) is 2.86. The summed E-state index contributed by atoms with van der Waals surface area (Å²) in [5.74, 6) is 0.879. The second-order valence-corrected chi connectivity index (χ2v) is 6.75. The number of rotatable bonds is 5. The number of hydrogen-bond donors (Lipinski definition) is 2. The minimum atomic E-state index is -0.225. The van der Waals surface area contributed by atoms with Crippen LogP contribution in [0.25, 0.3) is 0 Å². The van der Waals surface area contributed by atoms with Gasteiger partial charge in [-0.2, -0.15) is 0 Å². The first-order valence-electron chi connectivity index (χ1n) is 8.38. The van der Waals surface area contributed by atoms with Crippen LogP contribution in [0.15, 0.2) is 24.3 Å². The van der Waals surface area contributed by atoms with Crippen molar-refractivity contribution in [1.29, 1.82) is 0 Å². The third kappa shape index (κ3) is 5.82. The zero-order valence-electron chi connectivity index (χ0n) is 13.9. The van der Waals surface area contributed by atoms with Crippen molar-refractivity contribution >= 4 is 23.2 Å². The highest BCUT2D eigenvalue weighted by Crippen LogP contribution is 2.25. The summed E-state index contributed by atoms with van der Waals surface area (Å²) >= 11 is 5.21. The SMILES string of the molecule is CC(C)c1ccccc1OCC(=O)NC(=S)NC1CCCCC1. The van der Waals surface area contributed by atoms with Crippen LogP contribution >= 0.6 is 12.2 Å². The van der Waals surface area contributed by atoms with E-state index in [1.807, 2.05) is 24.3 Å². The Labute approximate surface area is 144 Å². The molecule has 1 aromatic rings. The largest absolute Gasteiger partial charge is 0.483 e. The lowest BCUT2D eigenvalue weighted by atomic mass is 9.96. The van der Waals surface area contributed by atoms with Gasteiger partial charge >= 0.3 is 0 Å². The Hall–Kier alpha value is -1.62. The number of carbonyl (C=O) groups is 1. The lowest BCUT2D eigenvalue weighted by Crippen LogP contribution is -2.46. The molecule has 0 unspecified atom stereocenters. The van der Waals surface area contributed by atoms with Gasteiger partial charge in [0.05, 0.1) is 0 Å². The van der Waals surface area contributed by atoms with Crippen LogP contribution in [-0.2, 0) is 4.79 Å². The van der Waals surface area contributed by atoms with Crippen molar-refractivity contribution in [2.24, 2.45) is 0 Å². The molecule has 23 heavy (non-hydrogen) atoms. The summed E-state index contributed by atoms with van der Waals surface area (Å²) in [6.45, 7) is 4.17. The van der Waals surface area contributed by atoms with Gasteiger partial charge in [-0.15, -0.1) is 0 Å². The Balaban J connectivity index is 1.77. The molecule has 0 atom stereocenters. The Morgan fingerprint density at radius 2 is 1.96 bits per heavy atom. The summed E-state index contributed by atoms with van der Waals surface area (Å²) in [6.07, 6.45) is 5.98. The van der Waals surface area contributed by atoms with Crippen LogP contribution in [0.5, 0.6) is 5.75 Å². The van der Waals surface area contributed by atoms with Crippen LogP contribution in [0, 0.1) is 0 Å². The molecule has 0 heterocycles. The lowest BCUT2D eigenvalue weighted by Gasteiger charge is -2.24. The van der Waals surface area contributed by atoms with E-state index < -0.39 is 0 Å². The maximum atomic E-state index is 12.0. The van der Waals surface area contributed by atoms with Crippen LogP contribution < -0.4 is 15.4 Å². The van der Waals surface area contributed by atoms with E-state index in [2.05, 4.69) is 24.5 Å². The molecule has 1 aliphatic rings. The quantitative estimate of drug-likeness (QED) is 0.809. The van der Waals surface area contributed by atoms with Crippen molar-refractivity contribution in [3.8, 4) is 5.75 Å². The zero-order chi connectivity index (χ0) is 16.7. The van der Waals surface area contributed by atoms with E-state index in [0.717, 1.165) is 24.2 Å². The first-order valence-corrected chi connectivity index (χ1v) is 8.79. The molecule has 0 spiro atoms. The molecule has 0 radical (unpaired) electrons. The topological polar surface area (TPSA) is 50.4 Å². The third-order valence-electron chi connectivity index (χ3n) is 4.09. The first-order chi connectivity index (χ1) is 11.1. The van der Waals surface area contributed by atoms with Gasteiger partial charge in [-0.05, 0) is 42.6 Å². The Kier molecular flexibility index (Phi) is 6.84. The van der Waals surface area contributed by atoms with Crippen molar-refractivity contribution in [2.45, 2.75) is 57.9 Å². The number of thiocarbonyl (C=S) groups is 1. The van der Waals surface area contributed by atoms with Gasteiger partial charge in [0.15, 0.2) is 11.7 Å². The first kappa shape index (κ1) is 17.7. The Morgan fingerprint density at radius 3 is 2.65 bits per heavy atom. The van der Waals surface area contributed by atoms with Gasteiger partial charge in [-0.1, -0.05) is 51.3 Å². The van der Waals surface area contributed by atoms with E-state index in [-0.39, 0.29) is 12.5 Å². The predicted molar refractivity (Wildman–Crippen MR) is 96.8 cm³/mol. The summed E-state index contributed by atoms with van der Waals surface area (Å²) in [5, 5.41) is 6.33. The Morgan fingerprint density at radius 1 is 1.26 bits per heavy atom. The summed E-state index contributed by atoms with van der Waals surface area (Å²) in [5.41, 5.74) is 1.10. The number of para-hydroxylation sites is 1.